The Balaban J connectivity index is 1.63. The second-order valence-corrected chi connectivity index (χ2v) is 7.61. The average molecular weight is 341 g/mol. The number of amides is 1. The summed E-state index contributed by atoms with van der Waals surface area (Å²) in [5.41, 5.74) is 1.80. The van der Waals surface area contributed by atoms with E-state index in [-0.39, 0.29) is 22.8 Å². The lowest BCUT2D eigenvalue weighted by molar-refractivity contribution is 0.0451. The van der Waals surface area contributed by atoms with Gasteiger partial charge in [0.1, 0.15) is 5.69 Å². The summed E-state index contributed by atoms with van der Waals surface area (Å²) < 4.78 is 1.51. The fourth-order valence-electron chi connectivity index (χ4n) is 2.74. The molecule has 0 aliphatic carbocycles. The fourth-order valence-corrected chi connectivity index (χ4v) is 2.74. The topological polar surface area (TPSA) is 81.0 Å². The summed E-state index contributed by atoms with van der Waals surface area (Å²) in [6.07, 6.45) is 3.09. The van der Waals surface area contributed by atoms with Crippen LogP contribution in [-0.4, -0.2) is 43.6 Å². The van der Waals surface area contributed by atoms with Crippen LogP contribution in [0.3, 0.4) is 0 Å². The van der Waals surface area contributed by atoms with Gasteiger partial charge < -0.3 is 4.90 Å². The van der Waals surface area contributed by atoms with E-state index in [1.54, 1.807) is 23.2 Å². The second-order valence-electron chi connectivity index (χ2n) is 7.61. The Morgan fingerprint density at radius 1 is 1.20 bits per heavy atom. The number of hydrogen-bond acceptors (Lipinski definition) is 5. The summed E-state index contributed by atoms with van der Waals surface area (Å²) in [5.74, 6) is 0.107. The molecule has 3 heterocycles. The van der Waals surface area contributed by atoms with Gasteiger partial charge in [0, 0.05) is 36.7 Å². The molecule has 132 valence electrons. The zero-order chi connectivity index (χ0) is 18.2. The highest BCUT2D eigenvalue weighted by Crippen LogP contribution is 2.21. The Hall–Kier alpha value is -2.57. The van der Waals surface area contributed by atoms with E-state index in [4.69, 9.17) is 0 Å². The zero-order valence-electron chi connectivity index (χ0n) is 15.1. The average Bonchev–Trinajstić information content (AvgIpc) is 2.51. The molecule has 2 aromatic heterocycles. The number of carbonyl (C=O) groups is 1. The number of aryl methyl sites for hydroxylation is 1. The minimum Gasteiger partial charge on any atom is -0.336 e. The molecule has 7 nitrogen and oxygen atoms in total. The molecule has 25 heavy (non-hydrogen) atoms. The molecule has 3 rings (SSSR count). The van der Waals surface area contributed by atoms with E-state index in [0.29, 0.717) is 25.3 Å². The molecule has 2 aromatic rings. The largest absolute Gasteiger partial charge is 0.336 e. The van der Waals surface area contributed by atoms with Gasteiger partial charge in [0.25, 0.3) is 11.5 Å². The Labute approximate surface area is 146 Å². The number of carbonyl (C=O) groups excluding carboxylic acids is 1. The number of nitrogens with zero attached hydrogens (tertiary/aromatic N) is 5. The molecule has 7 heteroatoms. The highest BCUT2D eigenvalue weighted by atomic mass is 16.2. The Morgan fingerprint density at radius 3 is 2.52 bits per heavy atom. The first-order valence-corrected chi connectivity index (χ1v) is 8.40. The normalized spacial score (nSPS) is 15.1. The van der Waals surface area contributed by atoms with Crippen LogP contribution in [0.5, 0.6) is 0 Å². The van der Waals surface area contributed by atoms with Gasteiger partial charge in [-0.2, -0.15) is 5.10 Å². The molecular formula is C18H23N5O2. The summed E-state index contributed by atoms with van der Waals surface area (Å²) in [5, 5.41) is 4.48. The van der Waals surface area contributed by atoms with E-state index in [1.807, 2.05) is 6.92 Å². The molecule has 0 N–H and O–H groups in total. The van der Waals surface area contributed by atoms with Crippen molar-refractivity contribution in [1.82, 2.24) is 24.6 Å². The first-order valence-electron chi connectivity index (χ1n) is 8.40. The van der Waals surface area contributed by atoms with Crippen LogP contribution >= 0.6 is 0 Å². The molecule has 0 aromatic carbocycles. The minimum atomic E-state index is -0.118. The van der Waals surface area contributed by atoms with Crippen molar-refractivity contribution >= 4 is 5.91 Å². The van der Waals surface area contributed by atoms with E-state index >= 15 is 0 Å². The van der Waals surface area contributed by atoms with Gasteiger partial charge in [0.05, 0.1) is 24.1 Å². The van der Waals surface area contributed by atoms with E-state index in [1.165, 1.54) is 10.9 Å². The van der Waals surface area contributed by atoms with Crippen LogP contribution < -0.4 is 5.56 Å². The van der Waals surface area contributed by atoms with Crippen molar-refractivity contribution in [2.24, 2.45) is 5.92 Å². The van der Waals surface area contributed by atoms with Crippen molar-refractivity contribution in [2.75, 3.05) is 13.1 Å². The van der Waals surface area contributed by atoms with Gasteiger partial charge >= 0.3 is 0 Å². The Kier molecular flexibility index (Phi) is 4.41. The second kappa shape index (κ2) is 6.38. The summed E-state index contributed by atoms with van der Waals surface area (Å²) in [7, 11) is 0. The lowest BCUT2D eigenvalue weighted by Crippen LogP contribution is -2.52. The molecule has 1 saturated heterocycles. The van der Waals surface area contributed by atoms with E-state index in [2.05, 4.69) is 35.8 Å². The summed E-state index contributed by atoms with van der Waals surface area (Å²) >= 11 is 0. The van der Waals surface area contributed by atoms with Gasteiger partial charge in [-0.1, -0.05) is 20.8 Å². The van der Waals surface area contributed by atoms with Crippen molar-refractivity contribution in [2.45, 2.75) is 39.7 Å². The number of aromatic nitrogens is 4. The molecule has 0 unspecified atom stereocenters. The van der Waals surface area contributed by atoms with Gasteiger partial charge in [0.15, 0.2) is 0 Å². The molecule has 0 saturated carbocycles. The lowest BCUT2D eigenvalue weighted by atomic mass is 9.92. The van der Waals surface area contributed by atoms with Crippen LogP contribution in [0.25, 0.3) is 0 Å². The molecule has 1 fully saturated rings. The van der Waals surface area contributed by atoms with Crippen LogP contribution in [-0.2, 0) is 12.0 Å². The van der Waals surface area contributed by atoms with Crippen molar-refractivity contribution in [3.05, 3.63) is 52.0 Å². The Morgan fingerprint density at radius 2 is 1.92 bits per heavy atom. The standard InChI is InChI=1S/C18H23N5O2/c1-12-7-20-14(8-19-12)17(25)22-9-13(10-22)11-23-16(24)6-5-15(21-23)18(2,3)4/h5-8,13H,9-11H2,1-4H3. The van der Waals surface area contributed by atoms with Gasteiger partial charge in [-0.25, -0.2) is 9.67 Å². The first-order chi connectivity index (χ1) is 11.7. The molecule has 1 amide bonds. The SMILES string of the molecule is Cc1cnc(C(=O)N2CC(Cn3nc(C(C)(C)C)ccc3=O)C2)cn1. The fraction of sp³-hybridized carbons (Fsp3) is 0.500. The predicted molar refractivity (Wildman–Crippen MR) is 93.4 cm³/mol. The van der Waals surface area contributed by atoms with Crippen LogP contribution in [0.1, 0.15) is 42.6 Å². The van der Waals surface area contributed by atoms with Crippen molar-refractivity contribution in [3.8, 4) is 0 Å². The molecular weight excluding hydrogens is 318 g/mol. The quantitative estimate of drug-likeness (QED) is 0.843. The Bertz CT molecular complexity index is 830. The summed E-state index contributed by atoms with van der Waals surface area (Å²) in [6.45, 7) is 9.75. The first kappa shape index (κ1) is 17.3. The van der Waals surface area contributed by atoms with Crippen LogP contribution in [0, 0.1) is 12.8 Å². The third-order valence-electron chi connectivity index (χ3n) is 4.31. The van der Waals surface area contributed by atoms with Crippen LogP contribution in [0.15, 0.2) is 29.3 Å². The maximum atomic E-state index is 12.3. The van der Waals surface area contributed by atoms with Crippen molar-refractivity contribution < 1.29 is 4.79 Å². The summed E-state index contributed by atoms with van der Waals surface area (Å²) in [6, 6.07) is 3.35. The van der Waals surface area contributed by atoms with Gasteiger partial charge in [-0.05, 0) is 13.0 Å². The smallest absolute Gasteiger partial charge is 0.274 e. The highest BCUT2D eigenvalue weighted by molar-refractivity contribution is 5.92. The van der Waals surface area contributed by atoms with E-state index in [9.17, 15) is 9.59 Å². The van der Waals surface area contributed by atoms with Gasteiger partial charge in [-0.15, -0.1) is 0 Å². The molecule has 0 radical (unpaired) electrons. The van der Waals surface area contributed by atoms with Crippen molar-refractivity contribution in [3.63, 3.8) is 0 Å². The van der Waals surface area contributed by atoms with E-state index in [0.717, 1.165) is 11.4 Å². The predicted octanol–water partition coefficient (Wildman–Crippen LogP) is 1.41. The third kappa shape index (κ3) is 3.75. The zero-order valence-corrected chi connectivity index (χ0v) is 15.1. The molecule has 0 spiro atoms. The lowest BCUT2D eigenvalue weighted by Gasteiger charge is -2.39. The summed E-state index contributed by atoms with van der Waals surface area (Å²) in [4.78, 5) is 34.3. The molecule has 0 bridgehead atoms. The molecule has 0 atom stereocenters. The van der Waals surface area contributed by atoms with Crippen molar-refractivity contribution in [1.29, 1.82) is 0 Å². The number of likely N-dealkylation sites (tertiary alicyclic amines) is 1. The van der Waals surface area contributed by atoms with Crippen LogP contribution in [0.2, 0.25) is 0 Å². The molecule has 1 aliphatic rings. The number of hydrogen-bond donors (Lipinski definition) is 0. The monoisotopic (exact) mass is 341 g/mol. The van der Waals surface area contributed by atoms with E-state index < -0.39 is 0 Å². The minimum absolute atomic E-state index is 0.109. The van der Waals surface area contributed by atoms with Crippen LogP contribution in [0.4, 0.5) is 0 Å². The highest BCUT2D eigenvalue weighted by Gasteiger charge is 2.32. The maximum absolute atomic E-state index is 12.3. The third-order valence-corrected chi connectivity index (χ3v) is 4.31. The van der Waals surface area contributed by atoms with Gasteiger partial charge in [0.2, 0.25) is 0 Å². The van der Waals surface area contributed by atoms with Gasteiger partial charge in [-0.3, -0.25) is 14.6 Å². The maximum Gasteiger partial charge on any atom is 0.274 e. The molecule has 1 aliphatic heterocycles. The number of rotatable bonds is 3.